The highest BCUT2D eigenvalue weighted by Crippen LogP contribution is 2.20. The molecule has 0 heterocycles. The van der Waals surface area contributed by atoms with Gasteiger partial charge in [0.15, 0.2) is 0 Å². The molecule has 0 radical (unpaired) electrons. The van der Waals surface area contributed by atoms with Gasteiger partial charge in [-0.2, -0.15) is 0 Å². The van der Waals surface area contributed by atoms with Gasteiger partial charge >= 0.3 is 0 Å². The van der Waals surface area contributed by atoms with Crippen LogP contribution in [0.3, 0.4) is 0 Å². The van der Waals surface area contributed by atoms with Gasteiger partial charge in [-0.05, 0) is 43.0 Å². The number of nitrogens with one attached hydrogen (secondary N) is 1. The average Bonchev–Trinajstić information content (AvgIpc) is 2.45. The molecule has 0 saturated heterocycles. The first-order valence-corrected chi connectivity index (χ1v) is 7.30. The molecule has 0 aliphatic carbocycles. The van der Waals surface area contributed by atoms with E-state index >= 15 is 0 Å². The van der Waals surface area contributed by atoms with E-state index in [9.17, 15) is 4.39 Å². The zero-order chi connectivity index (χ0) is 14.6. The molecule has 0 fully saturated rings. The minimum Gasteiger partial charge on any atom is -0.382 e. The Labute approximate surface area is 121 Å². The molecular weight excluding hydrogens is 257 g/mol. The van der Waals surface area contributed by atoms with E-state index in [4.69, 9.17) is 9.47 Å². The van der Waals surface area contributed by atoms with Gasteiger partial charge in [0.2, 0.25) is 0 Å². The van der Waals surface area contributed by atoms with E-state index in [0.717, 1.165) is 31.5 Å². The molecule has 1 aromatic rings. The van der Waals surface area contributed by atoms with Gasteiger partial charge in [-0.3, -0.25) is 0 Å². The van der Waals surface area contributed by atoms with Crippen molar-refractivity contribution in [2.45, 2.75) is 25.7 Å². The fraction of sp³-hybridized carbons (Fsp3) is 0.625. The lowest BCUT2D eigenvalue weighted by Crippen LogP contribution is -2.23. The summed E-state index contributed by atoms with van der Waals surface area (Å²) in [4.78, 5) is 0. The van der Waals surface area contributed by atoms with Crippen LogP contribution in [-0.4, -0.2) is 40.0 Å². The molecule has 1 aromatic carbocycles. The van der Waals surface area contributed by atoms with Gasteiger partial charge in [-0.25, -0.2) is 4.39 Å². The van der Waals surface area contributed by atoms with E-state index < -0.39 is 0 Å². The maximum atomic E-state index is 13.3. The number of ether oxygens (including phenoxy) is 2. The molecule has 0 saturated carbocycles. The number of hydrogen-bond acceptors (Lipinski definition) is 3. The van der Waals surface area contributed by atoms with Crippen LogP contribution in [0.15, 0.2) is 24.3 Å². The quantitative estimate of drug-likeness (QED) is 0.633. The molecule has 1 atom stereocenters. The molecule has 0 aliphatic heterocycles. The van der Waals surface area contributed by atoms with Crippen LogP contribution < -0.4 is 5.32 Å². The number of benzene rings is 1. The van der Waals surface area contributed by atoms with Gasteiger partial charge in [-0.15, -0.1) is 0 Å². The van der Waals surface area contributed by atoms with Gasteiger partial charge in [0, 0.05) is 20.3 Å². The summed E-state index contributed by atoms with van der Waals surface area (Å²) >= 11 is 0. The zero-order valence-electron chi connectivity index (χ0n) is 12.5. The largest absolute Gasteiger partial charge is 0.382 e. The van der Waals surface area contributed by atoms with Gasteiger partial charge in [0.1, 0.15) is 5.82 Å². The van der Waals surface area contributed by atoms with Crippen molar-refractivity contribution in [3.05, 3.63) is 35.6 Å². The van der Waals surface area contributed by atoms with Crippen LogP contribution in [-0.2, 0) is 9.47 Å². The lowest BCUT2D eigenvalue weighted by Gasteiger charge is -2.18. The molecule has 20 heavy (non-hydrogen) atoms. The van der Waals surface area contributed by atoms with E-state index in [1.165, 1.54) is 6.07 Å². The van der Waals surface area contributed by atoms with Gasteiger partial charge < -0.3 is 14.8 Å². The molecule has 0 aliphatic rings. The molecule has 114 valence electrons. The summed E-state index contributed by atoms with van der Waals surface area (Å²) in [5.41, 5.74) is 1.03. The van der Waals surface area contributed by atoms with Crippen LogP contribution in [0.4, 0.5) is 4.39 Å². The summed E-state index contributed by atoms with van der Waals surface area (Å²) in [7, 11) is 1.66. The van der Waals surface area contributed by atoms with Crippen molar-refractivity contribution in [1.29, 1.82) is 0 Å². The smallest absolute Gasteiger partial charge is 0.123 e. The third-order valence-electron chi connectivity index (χ3n) is 3.18. The molecule has 1 N–H and O–H groups in total. The summed E-state index contributed by atoms with van der Waals surface area (Å²) in [6.07, 6.45) is 1.98. The Hall–Kier alpha value is -0.970. The third-order valence-corrected chi connectivity index (χ3v) is 3.18. The Bertz CT molecular complexity index is 360. The lowest BCUT2D eigenvalue weighted by molar-refractivity contribution is 0.0670. The first kappa shape index (κ1) is 17.1. The topological polar surface area (TPSA) is 30.5 Å². The highest BCUT2D eigenvalue weighted by Gasteiger charge is 2.12. The summed E-state index contributed by atoms with van der Waals surface area (Å²) in [6.45, 7) is 5.85. The van der Waals surface area contributed by atoms with E-state index in [-0.39, 0.29) is 11.7 Å². The molecule has 1 unspecified atom stereocenters. The number of rotatable bonds is 11. The fourth-order valence-electron chi connectivity index (χ4n) is 2.07. The molecule has 4 heteroatoms. The van der Waals surface area contributed by atoms with Crippen LogP contribution in [0.1, 0.15) is 31.2 Å². The molecule has 0 aromatic heterocycles. The molecular formula is C16H26FNO2. The van der Waals surface area contributed by atoms with Crippen LogP contribution in [0.25, 0.3) is 0 Å². The van der Waals surface area contributed by atoms with Crippen molar-refractivity contribution in [2.75, 3.05) is 40.0 Å². The molecule has 0 spiro atoms. The van der Waals surface area contributed by atoms with Crippen LogP contribution in [0.5, 0.6) is 0 Å². The highest BCUT2D eigenvalue weighted by molar-refractivity contribution is 5.21. The van der Waals surface area contributed by atoms with Crippen molar-refractivity contribution in [1.82, 2.24) is 5.32 Å². The Balaban J connectivity index is 2.47. The van der Waals surface area contributed by atoms with Crippen molar-refractivity contribution in [2.24, 2.45) is 0 Å². The summed E-state index contributed by atoms with van der Waals surface area (Å²) < 4.78 is 23.8. The van der Waals surface area contributed by atoms with Crippen molar-refractivity contribution in [3.63, 3.8) is 0 Å². The summed E-state index contributed by atoms with van der Waals surface area (Å²) in [6, 6.07) is 6.85. The minimum absolute atomic E-state index is 0.178. The number of halogens is 1. The maximum absolute atomic E-state index is 13.3. The second-order valence-electron chi connectivity index (χ2n) is 4.85. The fourth-order valence-corrected chi connectivity index (χ4v) is 2.07. The van der Waals surface area contributed by atoms with E-state index in [1.54, 1.807) is 19.2 Å². The molecule has 0 amide bonds. The van der Waals surface area contributed by atoms with Crippen LogP contribution >= 0.6 is 0 Å². The third kappa shape index (κ3) is 6.98. The molecule has 0 bridgehead atoms. The van der Waals surface area contributed by atoms with Gasteiger partial charge in [-0.1, -0.05) is 19.1 Å². The Morgan fingerprint density at radius 3 is 2.80 bits per heavy atom. The number of hydrogen-bond donors (Lipinski definition) is 1. The first-order valence-electron chi connectivity index (χ1n) is 7.30. The van der Waals surface area contributed by atoms with Gasteiger partial charge in [0.05, 0.1) is 13.2 Å². The summed E-state index contributed by atoms with van der Waals surface area (Å²) in [5, 5.41) is 3.40. The lowest BCUT2D eigenvalue weighted by atomic mass is 9.96. The van der Waals surface area contributed by atoms with Gasteiger partial charge in [0.25, 0.3) is 0 Å². The standard InChI is InChI=1S/C16H26FNO2/c1-3-8-18-13-15(7-9-20-11-10-19-2)14-5-4-6-16(17)12-14/h4-6,12,15,18H,3,7-11,13H2,1-2H3. The van der Waals surface area contributed by atoms with Crippen molar-refractivity contribution >= 4 is 0 Å². The maximum Gasteiger partial charge on any atom is 0.123 e. The SMILES string of the molecule is CCCNCC(CCOCCOC)c1cccc(F)c1. The molecule has 1 rings (SSSR count). The minimum atomic E-state index is -0.178. The monoisotopic (exact) mass is 283 g/mol. The first-order chi connectivity index (χ1) is 9.77. The van der Waals surface area contributed by atoms with Crippen LogP contribution in [0.2, 0.25) is 0 Å². The predicted molar refractivity (Wildman–Crippen MR) is 79.6 cm³/mol. The van der Waals surface area contributed by atoms with Crippen molar-refractivity contribution < 1.29 is 13.9 Å². The second-order valence-corrected chi connectivity index (χ2v) is 4.85. The predicted octanol–water partition coefficient (Wildman–Crippen LogP) is 2.96. The normalized spacial score (nSPS) is 12.6. The number of methoxy groups -OCH3 is 1. The highest BCUT2D eigenvalue weighted by atomic mass is 19.1. The Morgan fingerprint density at radius 1 is 1.25 bits per heavy atom. The Kier molecular flexibility index (Phi) is 9.20. The van der Waals surface area contributed by atoms with Crippen molar-refractivity contribution in [3.8, 4) is 0 Å². The van der Waals surface area contributed by atoms with E-state index in [2.05, 4.69) is 12.2 Å². The average molecular weight is 283 g/mol. The second kappa shape index (κ2) is 10.8. The summed E-state index contributed by atoms with van der Waals surface area (Å²) in [5.74, 6) is 0.100. The van der Waals surface area contributed by atoms with Crippen LogP contribution in [0, 0.1) is 5.82 Å². The van der Waals surface area contributed by atoms with E-state index in [1.807, 2.05) is 6.07 Å². The van der Waals surface area contributed by atoms with E-state index in [0.29, 0.717) is 19.8 Å². The zero-order valence-corrected chi connectivity index (χ0v) is 12.5. The molecule has 3 nitrogen and oxygen atoms in total. The Morgan fingerprint density at radius 2 is 2.10 bits per heavy atom.